The smallest absolute Gasteiger partial charge is 0.137 e. The van der Waals surface area contributed by atoms with Crippen LogP contribution in [0.25, 0.3) is 0 Å². The predicted molar refractivity (Wildman–Crippen MR) is 71.6 cm³/mol. The summed E-state index contributed by atoms with van der Waals surface area (Å²) in [5, 5.41) is 3.16. The van der Waals surface area contributed by atoms with Crippen molar-refractivity contribution in [2.24, 2.45) is 5.92 Å². The monoisotopic (exact) mass is 234 g/mol. The molecule has 0 bridgehead atoms. The highest BCUT2D eigenvalue weighted by atomic mass is 15.2. The van der Waals surface area contributed by atoms with Crippen molar-refractivity contribution < 1.29 is 0 Å². The lowest BCUT2D eigenvalue weighted by Crippen LogP contribution is -2.35. The van der Waals surface area contributed by atoms with Crippen LogP contribution in [0.1, 0.15) is 32.3 Å². The molecule has 1 fully saturated rings. The van der Waals surface area contributed by atoms with Gasteiger partial charge in [0.2, 0.25) is 0 Å². The Morgan fingerprint density at radius 3 is 2.94 bits per heavy atom. The second-order valence-electron chi connectivity index (χ2n) is 4.82. The normalized spacial score (nSPS) is 20.4. The number of rotatable bonds is 3. The van der Waals surface area contributed by atoms with Gasteiger partial charge in [-0.3, -0.25) is 0 Å². The number of aromatic nitrogens is 2. The van der Waals surface area contributed by atoms with Gasteiger partial charge in [-0.15, -0.1) is 0 Å². The van der Waals surface area contributed by atoms with Crippen LogP contribution < -0.4 is 10.2 Å². The fraction of sp³-hybridized carbons (Fsp3) is 0.692. The highest BCUT2D eigenvalue weighted by Crippen LogP contribution is 2.27. The van der Waals surface area contributed by atoms with Crippen molar-refractivity contribution in [3.63, 3.8) is 0 Å². The van der Waals surface area contributed by atoms with Gasteiger partial charge < -0.3 is 10.2 Å². The summed E-state index contributed by atoms with van der Waals surface area (Å²) in [7, 11) is 1.92. The van der Waals surface area contributed by atoms with E-state index in [1.807, 2.05) is 7.05 Å². The Labute approximate surface area is 103 Å². The molecule has 1 N–H and O–H groups in total. The summed E-state index contributed by atoms with van der Waals surface area (Å²) < 4.78 is 0. The summed E-state index contributed by atoms with van der Waals surface area (Å²) in [4.78, 5) is 11.2. The second-order valence-corrected chi connectivity index (χ2v) is 4.82. The van der Waals surface area contributed by atoms with E-state index in [2.05, 4.69) is 34.0 Å². The summed E-state index contributed by atoms with van der Waals surface area (Å²) in [6, 6.07) is 0. The maximum absolute atomic E-state index is 4.49. The molecule has 1 aliphatic heterocycles. The second kappa shape index (κ2) is 5.34. The number of hydrogen-bond acceptors (Lipinski definition) is 4. The maximum Gasteiger partial charge on any atom is 0.137 e. The lowest BCUT2D eigenvalue weighted by atomic mass is 10.00. The number of anilines is 2. The van der Waals surface area contributed by atoms with Gasteiger partial charge in [0.05, 0.1) is 0 Å². The molecular weight excluding hydrogens is 212 g/mol. The highest BCUT2D eigenvalue weighted by molar-refractivity contribution is 5.58. The minimum atomic E-state index is 0.765. The van der Waals surface area contributed by atoms with Crippen molar-refractivity contribution in [1.29, 1.82) is 0 Å². The number of hydrogen-bond donors (Lipinski definition) is 1. The van der Waals surface area contributed by atoms with E-state index in [9.17, 15) is 0 Å². The minimum Gasteiger partial charge on any atom is -0.373 e. The molecule has 0 saturated carbocycles. The first kappa shape index (κ1) is 12.1. The van der Waals surface area contributed by atoms with E-state index >= 15 is 0 Å². The zero-order chi connectivity index (χ0) is 12.3. The number of piperidine rings is 1. The number of nitrogens with zero attached hydrogens (tertiary/aromatic N) is 3. The summed E-state index contributed by atoms with van der Waals surface area (Å²) in [5.74, 6) is 2.86. The molecule has 1 aromatic heterocycles. The molecule has 0 amide bonds. The van der Waals surface area contributed by atoms with Gasteiger partial charge in [-0.25, -0.2) is 9.97 Å². The van der Waals surface area contributed by atoms with Crippen molar-refractivity contribution in [1.82, 2.24) is 9.97 Å². The van der Waals surface area contributed by atoms with Crippen LogP contribution in [-0.4, -0.2) is 30.1 Å². The third kappa shape index (κ3) is 2.51. The van der Waals surface area contributed by atoms with Crippen LogP contribution in [0.3, 0.4) is 0 Å². The summed E-state index contributed by atoms with van der Waals surface area (Å²) in [6.07, 6.45) is 5.24. The third-order valence-electron chi connectivity index (χ3n) is 3.47. The Morgan fingerprint density at radius 2 is 2.29 bits per heavy atom. The van der Waals surface area contributed by atoms with Gasteiger partial charge in [-0.1, -0.05) is 13.8 Å². The average Bonchev–Trinajstić information content (AvgIpc) is 2.37. The van der Waals surface area contributed by atoms with Crippen LogP contribution in [0.4, 0.5) is 11.6 Å². The van der Waals surface area contributed by atoms with E-state index in [1.165, 1.54) is 18.4 Å². The first-order valence-corrected chi connectivity index (χ1v) is 6.52. The molecule has 1 aromatic rings. The quantitative estimate of drug-likeness (QED) is 0.871. The van der Waals surface area contributed by atoms with E-state index in [0.717, 1.165) is 37.1 Å². The Hall–Kier alpha value is -1.32. The predicted octanol–water partition coefficient (Wildman–Crippen LogP) is 2.32. The van der Waals surface area contributed by atoms with Crippen LogP contribution in [0, 0.1) is 5.92 Å². The molecule has 0 aromatic carbocycles. The minimum absolute atomic E-state index is 0.765. The van der Waals surface area contributed by atoms with E-state index in [-0.39, 0.29) is 0 Å². The van der Waals surface area contributed by atoms with E-state index in [1.54, 1.807) is 6.33 Å². The molecule has 4 nitrogen and oxygen atoms in total. The summed E-state index contributed by atoms with van der Waals surface area (Å²) in [5.41, 5.74) is 1.24. The Bertz CT molecular complexity index is 378. The van der Waals surface area contributed by atoms with Crippen molar-refractivity contribution in [3.05, 3.63) is 11.9 Å². The van der Waals surface area contributed by atoms with E-state index in [4.69, 9.17) is 0 Å². The molecule has 1 unspecified atom stereocenters. The van der Waals surface area contributed by atoms with Crippen LogP contribution in [0.2, 0.25) is 0 Å². The van der Waals surface area contributed by atoms with Crippen LogP contribution in [-0.2, 0) is 6.42 Å². The molecule has 4 heteroatoms. The molecule has 2 rings (SSSR count). The van der Waals surface area contributed by atoms with Crippen molar-refractivity contribution >= 4 is 11.6 Å². The fourth-order valence-corrected chi connectivity index (χ4v) is 2.60. The molecule has 94 valence electrons. The van der Waals surface area contributed by atoms with E-state index < -0.39 is 0 Å². The third-order valence-corrected chi connectivity index (χ3v) is 3.47. The van der Waals surface area contributed by atoms with Crippen molar-refractivity contribution in [2.75, 3.05) is 30.4 Å². The van der Waals surface area contributed by atoms with Gasteiger partial charge in [0.15, 0.2) is 0 Å². The van der Waals surface area contributed by atoms with Gasteiger partial charge >= 0.3 is 0 Å². The zero-order valence-corrected chi connectivity index (χ0v) is 11.0. The Morgan fingerprint density at radius 1 is 1.47 bits per heavy atom. The average molecular weight is 234 g/mol. The Kier molecular flexibility index (Phi) is 3.82. The highest BCUT2D eigenvalue weighted by Gasteiger charge is 2.21. The van der Waals surface area contributed by atoms with Gasteiger partial charge in [0.1, 0.15) is 18.0 Å². The molecule has 0 aliphatic carbocycles. The molecular formula is C13H22N4. The van der Waals surface area contributed by atoms with Crippen molar-refractivity contribution in [3.8, 4) is 0 Å². The number of nitrogens with one attached hydrogen (secondary N) is 1. The van der Waals surface area contributed by atoms with Gasteiger partial charge in [-0.05, 0) is 25.2 Å². The van der Waals surface area contributed by atoms with Crippen LogP contribution in [0.5, 0.6) is 0 Å². The lowest BCUT2D eigenvalue weighted by molar-refractivity contribution is 0.444. The molecule has 17 heavy (non-hydrogen) atoms. The van der Waals surface area contributed by atoms with E-state index in [0.29, 0.717) is 0 Å². The largest absolute Gasteiger partial charge is 0.373 e. The Balaban J connectivity index is 2.30. The molecule has 0 spiro atoms. The zero-order valence-electron chi connectivity index (χ0n) is 11.0. The molecule has 1 saturated heterocycles. The first-order chi connectivity index (χ1) is 8.26. The molecule has 1 aliphatic rings. The first-order valence-electron chi connectivity index (χ1n) is 6.52. The molecule has 0 radical (unpaired) electrons. The fourth-order valence-electron chi connectivity index (χ4n) is 2.60. The summed E-state index contributed by atoms with van der Waals surface area (Å²) >= 11 is 0. The SMILES string of the molecule is CCc1c(NC)ncnc1N1CCCC(C)C1. The summed E-state index contributed by atoms with van der Waals surface area (Å²) in [6.45, 7) is 6.72. The topological polar surface area (TPSA) is 41.1 Å². The van der Waals surface area contributed by atoms with Gasteiger partial charge in [0.25, 0.3) is 0 Å². The van der Waals surface area contributed by atoms with Crippen LogP contribution in [0.15, 0.2) is 6.33 Å². The standard InChI is InChI=1S/C13H22N4/c1-4-11-12(14-3)15-9-16-13(11)17-7-5-6-10(2)8-17/h9-10H,4-8H2,1-3H3,(H,14,15,16). The van der Waals surface area contributed by atoms with Crippen LogP contribution >= 0.6 is 0 Å². The molecule has 1 atom stereocenters. The van der Waals surface area contributed by atoms with Crippen molar-refractivity contribution in [2.45, 2.75) is 33.1 Å². The van der Waals surface area contributed by atoms with Gasteiger partial charge in [0, 0.05) is 25.7 Å². The van der Waals surface area contributed by atoms with Gasteiger partial charge in [-0.2, -0.15) is 0 Å². The maximum atomic E-state index is 4.49. The lowest BCUT2D eigenvalue weighted by Gasteiger charge is -2.33. The molecule has 2 heterocycles.